The molecule has 0 radical (unpaired) electrons. The van der Waals surface area contributed by atoms with E-state index in [0.717, 1.165) is 18.2 Å². The lowest BCUT2D eigenvalue weighted by atomic mass is 9.83. The SMILES string of the molecule is CN(Cc1ccc(NC2Cc3ccccc3C2(C)C)cc1)SC1CC1. The van der Waals surface area contributed by atoms with Gasteiger partial charge in [0.05, 0.1) is 0 Å². The van der Waals surface area contributed by atoms with E-state index in [4.69, 9.17) is 0 Å². The van der Waals surface area contributed by atoms with Gasteiger partial charge in [0.1, 0.15) is 0 Å². The molecule has 132 valence electrons. The highest BCUT2D eigenvalue weighted by Crippen LogP contribution is 2.40. The minimum atomic E-state index is 0.163. The summed E-state index contributed by atoms with van der Waals surface area (Å²) in [5.41, 5.74) is 5.75. The molecule has 3 heteroatoms. The average Bonchev–Trinajstić information content (AvgIpc) is 3.35. The van der Waals surface area contributed by atoms with Gasteiger partial charge in [-0.3, -0.25) is 0 Å². The predicted molar refractivity (Wildman–Crippen MR) is 109 cm³/mol. The van der Waals surface area contributed by atoms with Crippen LogP contribution in [0.2, 0.25) is 0 Å². The Labute approximate surface area is 156 Å². The lowest BCUT2D eigenvalue weighted by Gasteiger charge is -2.30. The van der Waals surface area contributed by atoms with Gasteiger partial charge in [0.15, 0.2) is 0 Å². The number of hydrogen-bond acceptors (Lipinski definition) is 3. The molecule has 1 fully saturated rings. The van der Waals surface area contributed by atoms with Crippen LogP contribution in [0.5, 0.6) is 0 Å². The first-order chi connectivity index (χ1) is 12.0. The molecule has 0 bridgehead atoms. The van der Waals surface area contributed by atoms with E-state index in [0.29, 0.717) is 6.04 Å². The zero-order chi connectivity index (χ0) is 17.4. The summed E-state index contributed by atoms with van der Waals surface area (Å²) in [6.45, 7) is 5.73. The standard InChI is InChI=1S/C22H28N2S/c1-22(2)20-7-5-4-6-17(20)14-21(22)23-18-10-8-16(9-11-18)15-24(3)25-19-12-13-19/h4-11,19,21,23H,12-15H2,1-3H3. The minimum absolute atomic E-state index is 0.163. The Morgan fingerprint density at radius 2 is 1.80 bits per heavy atom. The van der Waals surface area contributed by atoms with Crippen LogP contribution in [-0.4, -0.2) is 22.6 Å². The molecule has 25 heavy (non-hydrogen) atoms. The van der Waals surface area contributed by atoms with Crippen LogP contribution in [-0.2, 0) is 18.4 Å². The fraction of sp³-hybridized carbons (Fsp3) is 0.455. The smallest absolute Gasteiger partial charge is 0.0393 e. The van der Waals surface area contributed by atoms with Crippen LogP contribution in [0.25, 0.3) is 0 Å². The second-order valence-corrected chi connectivity index (χ2v) is 9.57. The zero-order valence-corrected chi connectivity index (χ0v) is 16.3. The topological polar surface area (TPSA) is 15.3 Å². The van der Waals surface area contributed by atoms with E-state index in [-0.39, 0.29) is 5.41 Å². The minimum Gasteiger partial charge on any atom is -0.381 e. The molecule has 2 aliphatic rings. The largest absolute Gasteiger partial charge is 0.381 e. The molecule has 2 nitrogen and oxygen atoms in total. The highest BCUT2D eigenvalue weighted by atomic mass is 32.2. The second kappa shape index (κ2) is 6.69. The van der Waals surface area contributed by atoms with E-state index in [9.17, 15) is 0 Å². The lowest BCUT2D eigenvalue weighted by molar-refractivity contribution is 0.470. The van der Waals surface area contributed by atoms with Crippen LogP contribution in [0.1, 0.15) is 43.4 Å². The van der Waals surface area contributed by atoms with Crippen molar-refractivity contribution < 1.29 is 0 Å². The molecule has 0 spiro atoms. The number of nitrogens with one attached hydrogen (secondary N) is 1. The van der Waals surface area contributed by atoms with Gasteiger partial charge in [-0.2, -0.15) is 0 Å². The third kappa shape index (κ3) is 3.73. The summed E-state index contributed by atoms with van der Waals surface area (Å²) in [5.74, 6) is 0. The first kappa shape index (κ1) is 17.0. The molecular weight excluding hydrogens is 324 g/mol. The Kier molecular flexibility index (Phi) is 4.55. The number of nitrogens with zero attached hydrogens (tertiary/aromatic N) is 1. The van der Waals surface area contributed by atoms with Gasteiger partial charge in [-0.25, -0.2) is 4.31 Å². The van der Waals surface area contributed by atoms with E-state index >= 15 is 0 Å². The quantitative estimate of drug-likeness (QED) is 0.715. The van der Waals surface area contributed by atoms with E-state index in [1.807, 2.05) is 11.9 Å². The Bertz CT molecular complexity index is 734. The molecule has 0 aromatic heterocycles. The molecule has 1 N–H and O–H groups in total. The Hall–Kier alpha value is -1.45. The van der Waals surface area contributed by atoms with Gasteiger partial charge in [0.2, 0.25) is 0 Å². The molecule has 2 aliphatic carbocycles. The molecule has 0 saturated heterocycles. The summed E-state index contributed by atoms with van der Waals surface area (Å²) in [6.07, 6.45) is 3.88. The van der Waals surface area contributed by atoms with Crippen molar-refractivity contribution in [1.82, 2.24) is 4.31 Å². The third-order valence-electron chi connectivity index (χ3n) is 5.56. The van der Waals surface area contributed by atoms with Crippen LogP contribution in [0.15, 0.2) is 48.5 Å². The summed E-state index contributed by atoms with van der Waals surface area (Å²) in [5, 5.41) is 4.65. The van der Waals surface area contributed by atoms with Gasteiger partial charge in [-0.05, 0) is 55.1 Å². The summed E-state index contributed by atoms with van der Waals surface area (Å²) in [7, 11) is 2.20. The van der Waals surface area contributed by atoms with Crippen LogP contribution >= 0.6 is 11.9 Å². The third-order valence-corrected chi connectivity index (χ3v) is 6.82. The van der Waals surface area contributed by atoms with Gasteiger partial charge in [-0.1, -0.05) is 62.2 Å². The van der Waals surface area contributed by atoms with E-state index in [1.165, 1.54) is 35.2 Å². The van der Waals surface area contributed by atoms with Gasteiger partial charge >= 0.3 is 0 Å². The number of hydrogen-bond donors (Lipinski definition) is 1. The van der Waals surface area contributed by atoms with Crippen molar-refractivity contribution in [1.29, 1.82) is 0 Å². The van der Waals surface area contributed by atoms with Crippen molar-refractivity contribution in [3.63, 3.8) is 0 Å². The molecule has 1 atom stereocenters. The number of anilines is 1. The summed E-state index contributed by atoms with van der Waals surface area (Å²) < 4.78 is 2.37. The molecule has 1 saturated carbocycles. The predicted octanol–water partition coefficient (Wildman–Crippen LogP) is 5.24. The van der Waals surface area contributed by atoms with Gasteiger partial charge in [0, 0.05) is 28.9 Å². The molecule has 0 heterocycles. The Morgan fingerprint density at radius 3 is 2.48 bits per heavy atom. The maximum absolute atomic E-state index is 3.78. The number of rotatable bonds is 6. The van der Waals surface area contributed by atoms with Crippen LogP contribution < -0.4 is 5.32 Å². The maximum Gasteiger partial charge on any atom is 0.0393 e. The second-order valence-electron chi connectivity index (χ2n) is 8.07. The van der Waals surface area contributed by atoms with Crippen LogP contribution in [0.3, 0.4) is 0 Å². The first-order valence-electron chi connectivity index (χ1n) is 9.34. The van der Waals surface area contributed by atoms with Crippen LogP contribution in [0.4, 0.5) is 5.69 Å². The lowest BCUT2D eigenvalue weighted by Crippen LogP contribution is -2.36. The van der Waals surface area contributed by atoms with Gasteiger partial charge in [-0.15, -0.1) is 0 Å². The Balaban J connectivity index is 1.40. The van der Waals surface area contributed by atoms with Crippen molar-refractivity contribution in [3.8, 4) is 0 Å². The van der Waals surface area contributed by atoms with Gasteiger partial charge < -0.3 is 5.32 Å². The van der Waals surface area contributed by atoms with Crippen LogP contribution in [0, 0.1) is 0 Å². The Morgan fingerprint density at radius 1 is 1.08 bits per heavy atom. The summed E-state index contributed by atoms with van der Waals surface area (Å²) >= 11 is 2.00. The summed E-state index contributed by atoms with van der Waals surface area (Å²) in [4.78, 5) is 0. The van der Waals surface area contributed by atoms with E-state index in [1.54, 1.807) is 0 Å². The molecule has 2 aromatic rings. The van der Waals surface area contributed by atoms with E-state index < -0.39 is 0 Å². The molecule has 1 unspecified atom stereocenters. The van der Waals surface area contributed by atoms with Crippen molar-refractivity contribution >= 4 is 17.6 Å². The maximum atomic E-state index is 3.78. The number of fused-ring (bicyclic) bond motifs is 1. The van der Waals surface area contributed by atoms with E-state index in [2.05, 4.69) is 79.0 Å². The van der Waals surface area contributed by atoms with Gasteiger partial charge in [0.25, 0.3) is 0 Å². The van der Waals surface area contributed by atoms with Crippen molar-refractivity contribution in [2.45, 2.75) is 56.4 Å². The van der Waals surface area contributed by atoms with Crippen molar-refractivity contribution in [2.75, 3.05) is 12.4 Å². The number of benzene rings is 2. The molecule has 0 amide bonds. The van der Waals surface area contributed by atoms with Crippen molar-refractivity contribution in [2.24, 2.45) is 0 Å². The highest BCUT2D eigenvalue weighted by molar-refractivity contribution is 7.97. The molecule has 0 aliphatic heterocycles. The molecular formula is C22H28N2S. The average molecular weight is 353 g/mol. The molecule has 4 rings (SSSR count). The zero-order valence-electron chi connectivity index (χ0n) is 15.5. The fourth-order valence-electron chi connectivity index (χ4n) is 3.85. The normalized spacial score (nSPS) is 21.4. The fourth-order valence-corrected chi connectivity index (χ4v) is 4.93. The summed E-state index contributed by atoms with van der Waals surface area (Å²) in [6, 6.07) is 18.3. The monoisotopic (exact) mass is 352 g/mol. The first-order valence-corrected chi connectivity index (χ1v) is 10.2. The highest BCUT2D eigenvalue weighted by Gasteiger charge is 2.38. The van der Waals surface area contributed by atoms with Crippen molar-refractivity contribution in [3.05, 3.63) is 65.2 Å². The molecule has 2 aromatic carbocycles.